The minimum absolute atomic E-state index is 0.157. The molecule has 0 radical (unpaired) electrons. The van der Waals surface area contributed by atoms with Crippen molar-refractivity contribution in [1.82, 2.24) is 15.3 Å². The van der Waals surface area contributed by atoms with E-state index in [0.29, 0.717) is 41.6 Å². The van der Waals surface area contributed by atoms with Gasteiger partial charge >= 0.3 is 0 Å². The first-order chi connectivity index (χ1) is 12.8. The molecule has 0 aliphatic carbocycles. The van der Waals surface area contributed by atoms with E-state index in [2.05, 4.69) is 15.3 Å². The number of nitrogens with zero attached hydrogens (tertiary/aromatic N) is 2. The van der Waals surface area contributed by atoms with Gasteiger partial charge in [0.15, 0.2) is 0 Å². The molecule has 1 aliphatic rings. The SMILES string of the molecule is Cc1cnc(C)c(-c2cc(F)cc3c2OC(CNC(=O)C=CC(C)C)C3)n1. The quantitative estimate of drug-likeness (QED) is 0.819. The Bertz CT molecular complexity index is 893. The molecule has 142 valence electrons. The van der Waals surface area contributed by atoms with Gasteiger partial charge in [-0.2, -0.15) is 0 Å². The summed E-state index contributed by atoms with van der Waals surface area (Å²) in [5, 5.41) is 2.84. The highest BCUT2D eigenvalue weighted by Gasteiger charge is 2.28. The van der Waals surface area contributed by atoms with Crippen LogP contribution in [0.25, 0.3) is 11.3 Å². The molecule has 1 aromatic heterocycles. The summed E-state index contributed by atoms with van der Waals surface area (Å²) in [6.07, 6.45) is 5.35. The first-order valence-corrected chi connectivity index (χ1v) is 9.09. The molecule has 0 spiro atoms. The van der Waals surface area contributed by atoms with E-state index < -0.39 is 0 Å². The zero-order valence-corrected chi connectivity index (χ0v) is 16.0. The summed E-state index contributed by atoms with van der Waals surface area (Å²) in [4.78, 5) is 20.7. The Morgan fingerprint density at radius 1 is 1.41 bits per heavy atom. The number of carbonyl (C=O) groups is 1. The highest BCUT2D eigenvalue weighted by molar-refractivity contribution is 5.87. The van der Waals surface area contributed by atoms with E-state index in [0.717, 1.165) is 11.3 Å². The van der Waals surface area contributed by atoms with Crippen LogP contribution in [0.3, 0.4) is 0 Å². The largest absolute Gasteiger partial charge is 0.487 e. The zero-order valence-electron chi connectivity index (χ0n) is 16.0. The number of nitrogens with one attached hydrogen (secondary N) is 1. The van der Waals surface area contributed by atoms with Crippen LogP contribution in [0, 0.1) is 25.6 Å². The van der Waals surface area contributed by atoms with Gasteiger partial charge in [-0.3, -0.25) is 9.78 Å². The zero-order chi connectivity index (χ0) is 19.6. The minimum atomic E-state index is -0.334. The van der Waals surface area contributed by atoms with Crippen molar-refractivity contribution in [3.63, 3.8) is 0 Å². The van der Waals surface area contributed by atoms with E-state index >= 15 is 0 Å². The third-order valence-corrected chi connectivity index (χ3v) is 4.33. The number of hydrogen-bond acceptors (Lipinski definition) is 4. The summed E-state index contributed by atoms with van der Waals surface area (Å²) in [5.74, 6) is 0.443. The maximum Gasteiger partial charge on any atom is 0.243 e. The third-order valence-electron chi connectivity index (χ3n) is 4.33. The van der Waals surface area contributed by atoms with Crippen LogP contribution in [-0.2, 0) is 11.2 Å². The Hall–Kier alpha value is -2.76. The first-order valence-electron chi connectivity index (χ1n) is 9.09. The second kappa shape index (κ2) is 7.86. The molecule has 0 bridgehead atoms. The molecular weight excluding hydrogens is 345 g/mol. The molecule has 1 atom stereocenters. The van der Waals surface area contributed by atoms with E-state index in [1.165, 1.54) is 18.2 Å². The van der Waals surface area contributed by atoms with Crippen molar-refractivity contribution >= 4 is 5.91 Å². The van der Waals surface area contributed by atoms with Crippen LogP contribution < -0.4 is 10.1 Å². The molecular formula is C21H24FN3O2. The average molecular weight is 369 g/mol. The number of hydrogen-bond donors (Lipinski definition) is 1. The molecule has 0 saturated heterocycles. The van der Waals surface area contributed by atoms with Gasteiger partial charge in [-0.15, -0.1) is 0 Å². The van der Waals surface area contributed by atoms with Gasteiger partial charge < -0.3 is 10.1 Å². The van der Waals surface area contributed by atoms with Gasteiger partial charge in [0.2, 0.25) is 5.91 Å². The lowest BCUT2D eigenvalue weighted by Crippen LogP contribution is -2.33. The lowest BCUT2D eigenvalue weighted by Gasteiger charge is -2.14. The summed E-state index contributed by atoms with van der Waals surface area (Å²) >= 11 is 0. The molecule has 27 heavy (non-hydrogen) atoms. The van der Waals surface area contributed by atoms with Crippen LogP contribution >= 0.6 is 0 Å². The molecule has 1 N–H and O–H groups in total. The van der Waals surface area contributed by atoms with Crippen LogP contribution in [0.2, 0.25) is 0 Å². The fourth-order valence-electron chi connectivity index (χ4n) is 3.03. The average Bonchev–Trinajstić information content (AvgIpc) is 3.02. The van der Waals surface area contributed by atoms with Gasteiger partial charge in [0.1, 0.15) is 17.7 Å². The normalized spacial score (nSPS) is 15.9. The molecule has 0 saturated carbocycles. The third kappa shape index (κ3) is 4.51. The molecule has 2 aromatic rings. The Balaban J connectivity index is 1.79. The Labute approximate surface area is 158 Å². The van der Waals surface area contributed by atoms with Crippen LogP contribution in [0.4, 0.5) is 4.39 Å². The van der Waals surface area contributed by atoms with Gasteiger partial charge in [0.05, 0.1) is 23.6 Å². The lowest BCUT2D eigenvalue weighted by atomic mass is 10.0. The summed E-state index contributed by atoms with van der Waals surface area (Å²) in [6.45, 7) is 8.06. The first kappa shape index (κ1) is 19.0. The predicted octanol–water partition coefficient (Wildman–Crippen LogP) is 3.53. The van der Waals surface area contributed by atoms with E-state index in [1.807, 2.05) is 33.8 Å². The molecule has 1 unspecified atom stereocenters. The van der Waals surface area contributed by atoms with Crippen LogP contribution in [0.1, 0.15) is 30.8 Å². The minimum Gasteiger partial charge on any atom is -0.487 e. The standard InChI is InChI=1S/C21H24FN3O2/c1-12(2)5-6-19(26)24-11-17-8-15-7-16(22)9-18(21(15)27-17)20-14(4)23-10-13(3)25-20/h5-7,9-10,12,17H,8,11H2,1-4H3,(H,24,26). The van der Waals surface area contributed by atoms with E-state index in [-0.39, 0.29) is 17.8 Å². The van der Waals surface area contributed by atoms with Gasteiger partial charge in [0.25, 0.3) is 0 Å². The fourth-order valence-corrected chi connectivity index (χ4v) is 3.03. The van der Waals surface area contributed by atoms with Crippen molar-refractivity contribution in [3.8, 4) is 17.0 Å². The van der Waals surface area contributed by atoms with Crippen molar-refractivity contribution in [2.45, 2.75) is 40.2 Å². The summed E-state index contributed by atoms with van der Waals surface area (Å²) < 4.78 is 20.2. The maximum absolute atomic E-state index is 14.2. The highest BCUT2D eigenvalue weighted by atomic mass is 19.1. The number of halogens is 1. The van der Waals surface area contributed by atoms with Gasteiger partial charge in [-0.05, 0) is 38.0 Å². The number of allylic oxidation sites excluding steroid dienone is 1. The predicted molar refractivity (Wildman–Crippen MR) is 102 cm³/mol. The van der Waals surface area contributed by atoms with Crippen molar-refractivity contribution < 1.29 is 13.9 Å². The van der Waals surface area contributed by atoms with Crippen LogP contribution in [0.5, 0.6) is 5.75 Å². The van der Waals surface area contributed by atoms with Crippen molar-refractivity contribution in [3.05, 3.63) is 53.3 Å². The van der Waals surface area contributed by atoms with Crippen LogP contribution in [-0.4, -0.2) is 28.5 Å². The smallest absolute Gasteiger partial charge is 0.243 e. The second-order valence-corrected chi connectivity index (χ2v) is 7.18. The second-order valence-electron chi connectivity index (χ2n) is 7.18. The number of rotatable bonds is 5. The number of fused-ring (bicyclic) bond motifs is 1. The number of aromatic nitrogens is 2. The van der Waals surface area contributed by atoms with Crippen molar-refractivity contribution in [1.29, 1.82) is 0 Å². The Morgan fingerprint density at radius 2 is 2.19 bits per heavy atom. The van der Waals surface area contributed by atoms with Gasteiger partial charge in [0, 0.05) is 23.7 Å². The molecule has 5 nitrogen and oxygen atoms in total. The molecule has 0 fully saturated rings. The number of aryl methyl sites for hydroxylation is 2. The van der Waals surface area contributed by atoms with E-state index in [1.54, 1.807) is 6.20 Å². The summed E-state index contributed by atoms with van der Waals surface area (Å²) in [5.41, 5.74) is 3.48. The number of benzene rings is 1. The Morgan fingerprint density at radius 3 is 2.93 bits per heavy atom. The number of ether oxygens (including phenoxy) is 1. The topological polar surface area (TPSA) is 64.1 Å². The lowest BCUT2D eigenvalue weighted by molar-refractivity contribution is -0.116. The number of amides is 1. The summed E-state index contributed by atoms with van der Waals surface area (Å²) in [7, 11) is 0. The number of carbonyl (C=O) groups excluding carboxylic acids is 1. The van der Waals surface area contributed by atoms with E-state index in [9.17, 15) is 9.18 Å². The van der Waals surface area contributed by atoms with Crippen molar-refractivity contribution in [2.24, 2.45) is 5.92 Å². The van der Waals surface area contributed by atoms with Crippen LogP contribution in [0.15, 0.2) is 30.5 Å². The van der Waals surface area contributed by atoms with Gasteiger partial charge in [-0.25, -0.2) is 9.37 Å². The molecule has 1 aromatic carbocycles. The molecule has 1 amide bonds. The molecule has 2 heterocycles. The maximum atomic E-state index is 14.2. The Kier molecular flexibility index (Phi) is 5.54. The molecule has 1 aliphatic heterocycles. The molecule has 6 heteroatoms. The highest BCUT2D eigenvalue weighted by Crippen LogP contribution is 2.39. The van der Waals surface area contributed by atoms with Crippen molar-refractivity contribution in [2.75, 3.05) is 6.54 Å². The van der Waals surface area contributed by atoms with E-state index in [4.69, 9.17) is 4.74 Å². The summed E-state index contributed by atoms with van der Waals surface area (Å²) in [6, 6.07) is 2.92. The van der Waals surface area contributed by atoms with Gasteiger partial charge in [-0.1, -0.05) is 19.9 Å². The fraction of sp³-hybridized carbons (Fsp3) is 0.381. The molecule has 3 rings (SSSR count). The monoisotopic (exact) mass is 369 g/mol.